The van der Waals surface area contributed by atoms with Crippen molar-refractivity contribution >= 4 is 6.01 Å². The zero-order valence-electron chi connectivity index (χ0n) is 13.2. The molecule has 0 aromatic carbocycles. The van der Waals surface area contributed by atoms with E-state index >= 15 is 0 Å². The third-order valence-corrected chi connectivity index (χ3v) is 3.60. The molecule has 1 aliphatic rings. The van der Waals surface area contributed by atoms with Gasteiger partial charge in [0, 0.05) is 25.7 Å². The van der Waals surface area contributed by atoms with Gasteiger partial charge in [0.05, 0.1) is 5.69 Å². The topological polar surface area (TPSA) is 44.5 Å². The molecule has 2 heterocycles. The van der Waals surface area contributed by atoms with Crippen molar-refractivity contribution in [2.75, 3.05) is 38.6 Å². The van der Waals surface area contributed by atoms with Gasteiger partial charge in [0.15, 0.2) is 0 Å². The quantitative estimate of drug-likeness (QED) is 0.827. The summed E-state index contributed by atoms with van der Waals surface area (Å²) in [5.74, 6) is 0.657. The molecule has 1 aliphatic heterocycles. The Hall–Kier alpha value is -1.07. The van der Waals surface area contributed by atoms with E-state index in [0.717, 1.165) is 37.9 Å². The second kappa shape index (κ2) is 7.09. The number of hydrogen-bond donors (Lipinski definition) is 1. The Morgan fingerprint density at radius 2 is 2.30 bits per heavy atom. The number of nitrogens with zero attached hydrogens (tertiary/aromatic N) is 3. The number of aromatic nitrogens is 1. The van der Waals surface area contributed by atoms with E-state index < -0.39 is 0 Å². The number of likely N-dealkylation sites (N-methyl/N-ethyl adjacent to an activating group) is 1. The van der Waals surface area contributed by atoms with Crippen LogP contribution in [0.2, 0.25) is 0 Å². The summed E-state index contributed by atoms with van der Waals surface area (Å²) in [5.41, 5.74) is 0.996. The average molecular weight is 280 g/mol. The highest BCUT2D eigenvalue weighted by atomic mass is 16.4. The van der Waals surface area contributed by atoms with E-state index in [1.165, 1.54) is 12.8 Å². The van der Waals surface area contributed by atoms with Crippen LogP contribution in [0.15, 0.2) is 10.7 Å². The Labute approximate surface area is 122 Å². The maximum atomic E-state index is 5.67. The third kappa shape index (κ3) is 4.21. The van der Waals surface area contributed by atoms with Crippen molar-refractivity contribution in [1.29, 1.82) is 0 Å². The molecule has 0 aliphatic carbocycles. The molecule has 0 saturated carbocycles. The molecule has 5 heteroatoms. The summed E-state index contributed by atoms with van der Waals surface area (Å²) in [4.78, 5) is 9.17. The molecule has 1 aromatic heterocycles. The maximum Gasteiger partial charge on any atom is 0.297 e. The minimum atomic E-state index is 0.528. The highest BCUT2D eigenvalue weighted by Gasteiger charge is 2.28. The van der Waals surface area contributed by atoms with E-state index in [0.29, 0.717) is 12.0 Å². The summed E-state index contributed by atoms with van der Waals surface area (Å²) >= 11 is 0. The summed E-state index contributed by atoms with van der Waals surface area (Å²) in [6, 6.07) is 1.32. The first-order valence-corrected chi connectivity index (χ1v) is 7.62. The molecular formula is C15H28N4O. The number of nitrogens with one attached hydrogen (secondary N) is 1. The first-order valence-electron chi connectivity index (χ1n) is 7.62. The van der Waals surface area contributed by atoms with Gasteiger partial charge in [-0.05, 0) is 39.4 Å². The zero-order valence-corrected chi connectivity index (χ0v) is 13.2. The molecule has 1 N–H and O–H groups in total. The van der Waals surface area contributed by atoms with Crippen molar-refractivity contribution in [1.82, 2.24) is 15.2 Å². The summed E-state index contributed by atoms with van der Waals surface area (Å²) in [7, 11) is 4.24. The number of anilines is 1. The van der Waals surface area contributed by atoms with Gasteiger partial charge < -0.3 is 19.5 Å². The molecule has 1 fully saturated rings. The SMILES string of the molecule is CC(C)CNCc1coc(N2CCCC2CN(C)C)n1. The lowest BCUT2D eigenvalue weighted by molar-refractivity contribution is 0.365. The normalized spacial score (nSPS) is 19.5. The van der Waals surface area contributed by atoms with Crippen LogP contribution >= 0.6 is 0 Å². The van der Waals surface area contributed by atoms with Gasteiger partial charge in [-0.3, -0.25) is 0 Å². The number of rotatable bonds is 7. The molecule has 1 atom stereocenters. The van der Waals surface area contributed by atoms with Crippen molar-refractivity contribution in [3.8, 4) is 0 Å². The van der Waals surface area contributed by atoms with Crippen molar-refractivity contribution in [2.45, 2.75) is 39.3 Å². The molecule has 1 unspecified atom stereocenters. The van der Waals surface area contributed by atoms with E-state index in [1.54, 1.807) is 6.26 Å². The van der Waals surface area contributed by atoms with Gasteiger partial charge >= 0.3 is 0 Å². The van der Waals surface area contributed by atoms with E-state index in [2.05, 4.69) is 48.0 Å². The number of hydrogen-bond acceptors (Lipinski definition) is 5. The zero-order chi connectivity index (χ0) is 14.5. The van der Waals surface area contributed by atoms with Crippen LogP contribution in [0.5, 0.6) is 0 Å². The highest BCUT2D eigenvalue weighted by Crippen LogP contribution is 2.25. The van der Waals surface area contributed by atoms with Crippen molar-refractivity contribution in [3.05, 3.63) is 12.0 Å². The molecule has 5 nitrogen and oxygen atoms in total. The van der Waals surface area contributed by atoms with Crippen LogP contribution in [0.25, 0.3) is 0 Å². The molecule has 0 radical (unpaired) electrons. The fourth-order valence-corrected chi connectivity index (χ4v) is 2.70. The van der Waals surface area contributed by atoms with Crippen LogP contribution in [-0.4, -0.2) is 49.7 Å². The Morgan fingerprint density at radius 1 is 1.50 bits per heavy atom. The first kappa shape index (κ1) is 15.3. The lowest BCUT2D eigenvalue weighted by Gasteiger charge is -2.25. The van der Waals surface area contributed by atoms with Gasteiger partial charge in [-0.15, -0.1) is 0 Å². The maximum absolute atomic E-state index is 5.67. The molecule has 1 saturated heterocycles. The minimum absolute atomic E-state index is 0.528. The number of oxazole rings is 1. The Morgan fingerprint density at radius 3 is 3.00 bits per heavy atom. The smallest absolute Gasteiger partial charge is 0.297 e. The second-order valence-corrected chi connectivity index (χ2v) is 6.40. The van der Waals surface area contributed by atoms with Crippen molar-refractivity contribution in [2.24, 2.45) is 5.92 Å². The van der Waals surface area contributed by atoms with Crippen LogP contribution in [-0.2, 0) is 6.54 Å². The molecule has 0 bridgehead atoms. The first-order chi connectivity index (χ1) is 9.56. The Bertz CT molecular complexity index is 402. The summed E-state index contributed by atoms with van der Waals surface area (Å²) in [6.45, 7) is 8.32. The average Bonchev–Trinajstić information content (AvgIpc) is 2.96. The molecule has 0 amide bonds. The standard InChI is InChI=1S/C15H28N4O/c1-12(2)8-16-9-13-11-20-15(17-13)19-7-5-6-14(19)10-18(3)4/h11-12,14,16H,5-10H2,1-4H3. The van der Waals surface area contributed by atoms with Gasteiger partial charge in [0.1, 0.15) is 6.26 Å². The predicted molar refractivity (Wildman–Crippen MR) is 82.0 cm³/mol. The van der Waals surface area contributed by atoms with Gasteiger partial charge in [0.2, 0.25) is 0 Å². The predicted octanol–water partition coefficient (Wildman–Crippen LogP) is 1.95. The Balaban J connectivity index is 1.90. The van der Waals surface area contributed by atoms with Gasteiger partial charge in [-0.25, -0.2) is 0 Å². The highest BCUT2D eigenvalue weighted by molar-refractivity contribution is 5.31. The third-order valence-electron chi connectivity index (χ3n) is 3.60. The lowest BCUT2D eigenvalue weighted by Crippen LogP contribution is -2.37. The monoisotopic (exact) mass is 280 g/mol. The molecular weight excluding hydrogens is 252 g/mol. The minimum Gasteiger partial charge on any atom is -0.432 e. The van der Waals surface area contributed by atoms with E-state index in [-0.39, 0.29) is 0 Å². The van der Waals surface area contributed by atoms with Gasteiger partial charge in [-0.2, -0.15) is 4.98 Å². The fraction of sp³-hybridized carbons (Fsp3) is 0.800. The van der Waals surface area contributed by atoms with Crippen LogP contribution < -0.4 is 10.2 Å². The molecule has 0 spiro atoms. The van der Waals surface area contributed by atoms with Crippen LogP contribution in [0, 0.1) is 5.92 Å². The fourth-order valence-electron chi connectivity index (χ4n) is 2.70. The molecule has 1 aromatic rings. The second-order valence-electron chi connectivity index (χ2n) is 6.40. The lowest BCUT2D eigenvalue weighted by atomic mass is 10.2. The van der Waals surface area contributed by atoms with Gasteiger partial charge in [0.25, 0.3) is 6.01 Å². The summed E-state index contributed by atoms with van der Waals surface area (Å²) in [6.07, 6.45) is 4.23. The summed E-state index contributed by atoms with van der Waals surface area (Å²) in [5, 5.41) is 3.40. The largest absolute Gasteiger partial charge is 0.432 e. The van der Waals surface area contributed by atoms with Crippen LogP contribution in [0.3, 0.4) is 0 Å². The van der Waals surface area contributed by atoms with Crippen molar-refractivity contribution in [3.63, 3.8) is 0 Å². The summed E-state index contributed by atoms with van der Waals surface area (Å²) < 4.78 is 5.67. The molecule has 2 rings (SSSR count). The van der Waals surface area contributed by atoms with Crippen LogP contribution in [0.1, 0.15) is 32.4 Å². The molecule has 114 valence electrons. The molecule has 20 heavy (non-hydrogen) atoms. The van der Waals surface area contributed by atoms with E-state index in [1.807, 2.05) is 0 Å². The van der Waals surface area contributed by atoms with E-state index in [9.17, 15) is 0 Å². The van der Waals surface area contributed by atoms with E-state index in [4.69, 9.17) is 4.42 Å². The Kier molecular flexibility index (Phi) is 5.43. The van der Waals surface area contributed by atoms with Gasteiger partial charge in [-0.1, -0.05) is 13.8 Å². The van der Waals surface area contributed by atoms with Crippen molar-refractivity contribution < 1.29 is 4.42 Å². The van der Waals surface area contributed by atoms with Crippen LogP contribution in [0.4, 0.5) is 6.01 Å².